The van der Waals surface area contributed by atoms with Gasteiger partial charge in [-0.1, -0.05) is 6.07 Å². The molecule has 0 radical (unpaired) electrons. The fourth-order valence-electron chi connectivity index (χ4n) is 1.68. The molecule has 0 amide bonds. The van der Waals surface area contributed by atoms with Gasteiger partial charge in [-0.2, -0.15) is 5.10 Å². The lowest BCUT2D eigenvalue weighted by molar-refractivity contribution is 0.200. The van der Waals surface area contributed by atoms with Crippen molar-refractivity contribution in [1.29, 1.82) is 0 Å². The fourth-order valence-corrected chi connectivity index (χ4v) is 2.41. The summed E-state index contributed by atoms with van der Waals surface area (Å²) in [7, 11) is 1.54. The van der Waals surface area contributed by atoms with Crippen LogP contribution in [0, 0.1) is 0 Å². The van der Waals surface area contributed by atoms with Crippen LogP contribution in [-0.4, -0.2) is 14.9 Å². The van der Waals surface area contributed by atoms with E-state index in [9.17, 15) is 9.90 Å². The van der Waals surface area contributed by atoms with Crippen LogP contribution in [-0.2, 0) is 7.05 Å². The monoisotopic (exact) mass is 251 g/mol. The molecule has 2 heterocycles. The van der Waals surface area contributed by atoms with Crippen molar-refractivity contribution in [3.8, 4) is 10.6 Å². The molecular formula is C11H13N3O2S. The highest BCUT2D eigenvalue weighted by atomic mass is 32.1. The Morgan fingerprint density at radius 3 is 2.82 bits per heavy atom. The van der Waals surface area contributed by atoms with Crippen molar-refractivity contribution in [3.05, 3.63) is 33.4 Å². The number of rotatable bonds is 2. The minimum Gasteiger partial charge on any atom is -0.394 e. The van der Waals surface area contributed by atoms with Crippen LogP contribution in [0.25, 0.3) is 10.6 Å². The zero-order valence-electron chi connectivity index (χ0n) is 9.54. The van der Waals surface area contributed by atoms with E-state index in [0.717, 1.165) is 4.88 Å². The summed E-state index contributed by atoms with van der Waals surface area (Å²) in [4.78, 5) is 12.6. The second kappa shape index (κ2) is 4.31. The predicted molar refractivity (Wildman–Crippen MR) is 67.8 cm³/mol. The predicted octanol–water partition coefficient (Wildman–Crippen LogP) is 1.14. The molecule has 2 aromatic rings. The number of hydrogen-bond donors (Lipinski definition) is 2. The fraction of sp³-hybridized carbons (Fsp3) is 0.273. The van der Waals surface area contributed by atoms with Crippen molar-refractivity contribution < 1.29 is 5.11 Å². The van der Waals surface area contributed by atoms with Gasteiger partial charge in [0.1, 0.15) is 11.4 Å². The molecule has 6 heteroatoms. The van der Waals surface area contributed by atoms with Crippen LogP contribution in [0.3, 0.4) is 0 Å². The van der Waals surface area contributed by atoms with E-state index < -0.39 is 6.10 Å². The van der Waals surface area contributed by atoms with Gasteiger partial charge in [-0.25, -0.2) is 4.68 Å². The zero-order chi connectivity index (χ0) is 12.6. The summed E-state index contributed by atoms with van der Waals surface area (Å²) in [6.07, 6.45) is -0.825. The van der Waals surface area contributed by atoms with E-state index in [2.05, 4.69) is 5.10 Å². The van der Waals surface area contributed by atoms with Gasteiger partial charge in [-0.3, -0.25) is 4.79 Å². The number of aryl methyl sites for hydroxylation is 1. The van der Waals surface area contributed by atoms with Gasteiger partial charge in [0, 0.05) is 12.6 Å². The molecule has 0 aromatic carbocycles. The molecule has 17 heavy (non-hydrogen) atoms. The average molecular weight is 251 g/mol. The second-order valence-corrected chi connectivity index (χ2v) is 4.71. The van der Waals surface area contributed by atoms with E-state index in [4.69, 9.17) is 5.73 Å². The van der Waals surface area contributed by atoms with Gasteiger partial charge in [-0.05, 0) is 18.4 Å². The summed E-state index contributed by atoms with van der Waals surface area (Å²) in [6, 6.07) is 3.76. The van der Waals surface area contributed by atoms with Gasteiger partial charge in [0.05, 0.1) is 11.0 Å². The number of aliphatic hydroxyl groups excluding tert-OH is 1. The first-order valence-corrected chi connectivity index (χ1v) is 5.99. The Balaban J connectivity index is 2.79. The Morgan fingerprint density at radius 2 is 2.29 bits per heavy atom. The highest BCUT2D eigenvalue weighted by Crippen LogP contribution is 2.31. The third kappa shape index (κ3) is 1.96. The Hall–Kier alpha value is -1.66. The van der Waals surface area contributed by atoms with Crippen LogP contribution in [0.1, 0.15) is 18.6 Å². The molecule has 0 saturated heterocycles. The molecular weight excluding hydrogens is 238 g/mol. The number of aliphatic hydroxyl groups is 1. The van der Waals surface area contributed by atoms with E-state index in [0.29, 0.717) is 11.3 Å². The van der Waals surface area contributed by atoms with Crippen molar-refractivity contribution in [2.24, 2.45) is 7.05 Å². The third-order valence-electron chi connectivity index (χ3n) is 2.49. The van der Waals surface area contributed by atoms with Crippen molar-refractivity contribution in [2.75, 3.05) is 5.73 Å². The zero-order valence-corrected chi connectivity index (χ0v) is 10.4. The third-order valence-corrected chi connectivity index (χ3v) is 3.37. The van der Waals surface area contributed by atoms with E-state index >= 15 is 0 Å². The molecule has 2 rings (SSSR count). The van der Waals surface area contributed by atoms with Gasteiger partial charge in [0.15, 0.2) is 0 Å². The second-order valence-electron chi connectivity index (χ2n) is 3.76. The highest BCUT2D eigenvalue weighted by molar-refractivity contribution is 7.13. The first-order chi connectivity index (χ1) is 8.02. The van der Waals surface area contributed by atoms with Gasteiger partial charge in [0.2, 0.25) is 0 Å². The molecule has 0 aliphatic heterocycles. The Bertz CT molecular complexity index is 588. The quantitative estimate of drug-likeness (QED) is 0.838. The van der Waals surface area contributed by atoms with E-state index in [1.165, 1.54) is 16.0 Å². The van der Waals surface area contributed by atoms with E-state index in [-0.39, 0.29) is 11.2 Å². The Kier molecular flexibility index (Phi) is 2.99. The molecule has 3 N–H and O–H groups in total. The normalized spacial score (nSPS) is 12.6. The summed E-state index contributed by atoms with van der Waals surface area (Å²) in [6.45, 7) is 1.57. The number of aromatic nitrogens is 2. The minimum absolute atomic E-state index is 0.0564. The summed E-state index contributed by atoms with van der Waals surface area (Å²) in [5.74, 6) is 0. The summed E-state index contributed by atoms with van der Waals surface area (Å²) in [5, 5.41) is 15.8. The maximum atomic E-state index is 11.7. The maximum absolute atomic E-state index is 11.7. The number of nitrogen functional groups attached to an aromatic ring is 1. The molecule has 1 unspecified atom stereocenters. The molecule has 1 atom stereocenters. The minimum atomic E-state index is -0.825. The molecule has 0 aliphatic carbocycles. The number of thiophene rings is 1. The van der Waals surface area contributed by atoms with Crippen molar-refractivity contribution in [2.45, 2.75) is 13.0 Å². The van der Waals surface area contributed by atoms with Crippen LogP contribution in [0.4, 0.5) is 5.69 Å². The SMILES string of the molecule is CC(O)c1c(-c2cccs2)nn(C)c(=O)c1N. The summed E-state index contributed by atoms with van der Waals surface area (Å²) >= 11 is 1.49. The smallest absolute Gasteiger partial charge is 0.290 e. The largest absolute Gasteiger partial charge is 0.394 e. The highest BCUT2D eigenvalue weighted by Gasteiger charge is 2.19. The van der Waals surface area contributed by atoms with Crippen LogP contribution in [0.5, 0.6) is 0 Å². The van der Waals surface area contributed by atoms with Gasteiger partial charge in [0.25, 0.3) is 5.56 Å². The van der Waals surface area contributed by atoms with Crippen LogP contribution in [0.15, 0.2) is 22.3 Å². The maximum Gasteiger partial charge on any atom is 0.290 e. The number of hydrogen-bond acceptors (Lipinski definition) is 5. The van der Waals surface area contributed by atoms with Crippen molar-refractivity contribution in [1.82, 2.24) is 9.78 Å². The number of anilines is 1. The summed E-state index contributed by atoms with van der Waals surface area (Å²) < 4.78 is 1.19. The van der Waals surface area contributed by atoms with Gasteiger partial charge >= 0.3 is 0 Å². The van der Waals surface area contributed by atoms with Gasteiger partial charge < -0.3 is 10.8 Å². The molecule has 0 bridgehead atoms. The van der Waals surface area contributed by atoms with E-state index in [1.807, 2.05) is 17.5 Å². The van der Waals surface area contributed by atoms with Crippen LogP contribution >= 0.6 is 11.3 Å². The molecule has 90 valence electrons. The molecule has 0 saturated carbocycles. The van der Waals surface area contributed by atoms with Gasteiger partial charge in [-0.15, -0.1) is 11.3 Å². The number of nitrogens with zero attached hydrogens (tertiary/aromatic N) is 2. The lowest BCUT2D eigenvalue weighted by atomic mass is 10.1. The first kappa shape index (κ1) is 11.8. The van der Waals surface area contributed by atoms with Crippen molar-refractivity contribution >= 4 is 17.0 Å². The van der Waals surface area contributed by atoms with Crippen molar-refractivity contribution in [3.63, 3.8) is 0 Å². The number of nitrogens with two attached hydrogens (primary N) is 1. The Labute approximate surface area is 102 Å². The molecule has 0 aliphatic rings. The molecule has 0 spiro atoms. The van der Waals surface area contributed by atoms with E-state index in [1.54, 1.807) is 14.0 Å². The topological polar surface area (TPSA) is 81.1 Å². The molecule has 2 aromatic heterocycles. The average Bonchev–Trinajstić information content (AvgIpc) is 2.77. The first-order valence-electron chi connectivity index (χ1n) is 5.11. The standard InChI is InChI=1S/C11H13N3O2S/c1-6(15)8-9(12)11(16)14(2)13-10(8)7-4-3-5-17-7/h3-6,15H,12H2,1-2H3. The lowest BCUT2D eigenvalue weighted by Crippen LogP contribution is -2.26. The van der Waals surface area contributed by atoms with Crippen LogP contribution < -0.4 is 11.3 Å². The lowest BCUT2D eigenvalue weighted by Gasteiger charge is -2.13. The molecule has 5 nitrogen and oxygen atoms in total. The molecule has 0 fully saturated rings. The summed E-state index contributed by atoms with van der Waals surface area (Å²) in [5.41, 5.74) is 6.39. The van der Waals surface area contributed by atoms with Crippen LogP contribution in [0.2, 0.25) is 0 Å². The Morgan fingerprint density at radius 1 is 1.59 bits per heavy atom.